The molecule has 1 fully saturated rings. The molecule has 2 aromatic heterocycles. The van der Waals surface area contributed by atoms with Crippen molar-refractivity contribution < 1.29 is 108 Å². The number of nitrogens with zero attached hydrogens (tertiary/aromatic N) is 4. The second-order valence-corrected chi connectivity index (χ2v) is 24.6. The number of likely N-dealkylation sites (tertiary alicyclic amines) is 1. The van der Waals surface area contributed by atoms with Crippen LogP contribution in [0.1, 0.15) is 131 Å². The van der Waals surface area contributed by atoms with Crippen LogP contribution in [0.3, 0.4) is 0 Å². The van der Waals surface area contributed by atoms with E-state index in [2.05, 4.69) is 41.5 Å². The van der Waals surface area contributed by atoms with Crippen molar-refractivity contribution in [2.45, 2.75) is 192 Å². The van der Waals surface area contributed by atoms with Crippen LogP contribution >= 0.6 is 0 Å². The lowest BCUT2D eigenvalue weighted by atomic mass is 9.95. The molecule has 0 bridgehead atoms. The summed E-state index contributed by atoms with van der Waals surface area (Å²) in [5, 5.41) is 94.4. The van der Waals surface area contributed by atoms with Gasteiger partial charge in [-0.25, -0.2) is 19.4 Å². The molecule has 6 amide bonds. The van der Waals surface area contributed by atoms with Gasteiger partial charge >= 0.3 is 41.9 Å². The molecule has 8 atom stereocenters. The fraction of sp³-hybridized carbons (Fsp3) is 0.581. The molecule has 4 rings (SSSR count). The molecule has 1 aliphatic rings. The number of aliphatic hydroxyl groups excluding tert-OH is 1. The van der Waals surface area contributed by atoms with Crippen molar-refractivity contribution in [1.82, 2.24) is 51.3 Å². The van der Waals surface area contributed by atoms with Gasteiger partial charge in [0.15, 0.2) is 11.2 Å². The van der Waals surface area contributed by atoms with E-state index in [-0.39, 0.29) is 49.6 Å². The molecule has 0 radical (unpaired) electrons. The molecule has 3 aromatic rings. The van der Waals surface area contributed by atoms with Gasteiger partial charge in [-0.15, -0.1) is 0 Å². The number of carboxylic acids is 6. The Hall–Kier alpha value is -9.14. The fourth-order valence-electron chi connectivity index (χ4n) is 9.59. The summed E-state index contributed by atoms with van der Waals surface area (Å²) >= 11 is 0. The molecule has 1 aromatic carbocycles. The Morgan fingerprint density at radius 1 is 0.723 bits per heavy atom. The molecule has 0 aliphatic carbocycles. The topological polar surface area (TPSA) is 504 Å². The Morgan fingerprint density at radius 2 is 1.28 bits per heavy atom. The second-order valence-electron chi connectivity index (χ2n) is 24.6. The van der Waals surface area contributed by atoms with Gasteiger partial charge in [0.05, 0.1) is 62.4 Å². The van der Waals surface area contributed by atoms with E-state index in [1.165, 1.54) is 23.2 Å². The Morgan fingerprint density at radius 3 is 1.73 bits per heavy atom. The van der Waals surface area contributed by atoms with Crippen molar-refractivity contribution in [3.05, 3.63) is 84.2 Å². The van der Waals surface area contributed by atoms with E-state index in [0.29, 0.717) is 43.6 Å². The van der Waals surface area contributed by atoms with Crippen molar-refractivity contribution in [2.24, 2.45) is 17.8 Å². The van der Waals surface area contributed by atoms with Gasteiger partial charge in [0.2, 0.25) is 29.5 Å². The summed E-state index contributed by atoms with van der Waals surface area (Å²) in [5.74, 6) is -12.8. The number of pyridine rings is 1. The molecule has 0 saturated carbocycles. The number of benzene rings is 1. The van der Waals surface area contributed by atoms with Gasteiger partial charge in [-0.2, -0.15) is 0 Å². The number of ether oxygens (including phenoxy) is 1. The van der Waals surface area contributed by atoms with Crippen LogP contribution < -0.4 is 26.6 Å². The zero-order valence-electron chi connectivity index (χ0n) is 54.4. The first-order valence-electron chi connectivity index (χ1n) is 30.3. The molecular formula is C62H92N10O22. The number of nitrogens with one attached hydrogen (secondary N) is 6. The van der Waals surface area contributed by atoms with Gasteiger partial charge in [0, 0.05) is 51.1 Å². The van der Waals surface area contributed by atoms with E-state index in [1.54, 1.807) is 45.3 Å². The van der Waals surface area contributed by atoms with Crippen molar-refractivity contribution in [3.63, 3.8) is 0 Å². The first kappa shape index (κ1) is 81.0. The van der Waals surface area contributed by atoms with Crippen molar-refractivity contribution >= 4 is 71.4 Å². The van der Waals surface area contributed by atoms with E-state index >= 15 is 0 Å². The molecule has 1 aliphatic heterocycles. The highest BCUT2D eigenvalue weighted by Crippen LogP contribution is 2.23. The normalized spacial score (nSPS) is 15.3. The molecule has 1 saturated heterocycles. The van der Waals surface area contributed by atoms with Crippen LogP contribution in [0.25, 0.3) is 0 Å². The smallest absolute Gasteiger partial charge is 0.410 e. The molecule has 94 heavy (non-hydrogen) atoms. The predicted octanol–water partition coefficient (Wildman–Crippen LogP) is 1.16. The number of aromatic amines is 1. The molecule has 15 N–H and O–H groups in total. The summed E-state index contributed by atoms with van der Waals surface area (Å²) in [7, 11) is 1.50. The van der Waals surface area contributed by atoms with Crippen LogP contribution in [0.15, 0.2) is 67.3 Å². The summed E-state index contributed by atoms with van der Waals surface area (Å²) in [5.41, 5.74) is -4.22. The first-order chi connectivity index (χ1) is 43.7. The molecule has 32 heteroatoms. The van der Waals surface area contributed by atoms with Gasteiger partial charge in [-0.1, -0.05) is 84.4 Å². The highest BCUT2D eigenvalue weighted by atomic mass is 16.6. The van der Waals surface area contributed by atoms with Crippen LogP contribution in [-0.2, 0) is 76.9 Å². The zero-order valence-corrected chi connectivity index (χ0v) is 54.4. The third kappa shape index (κ3) is 28.0. The number of likely N-dealkylation sites (N-methyl/N-ethyl adjacent to an activating group) is 1. The summed E-state index contributed by atoms with van der Waals surface area (Å²) in [6.07, 6.45) is 0.401. The van der Waals surface area contributed by atoms with Gasteiger partial charge in [0.1, 0.15) is 29.8 Å². The number of imidazole rings is 1. The molecule has 32 nitrogen and oxygen atoms in total. The lowest BCUT2D eigenvalue weighted by Gasteiger charge is -2.34. The molecule has 3 heterocycles. The van der Waals surface area contributed by atoms with Gasteiger partial charge in [-0.05, 0) is 75.5 Å². The largest absolute Gasteiger partial charge is 0.481 e. The lowest BCUT2D eigenvalue weighted by molar-refractivity contribution is -0.170. The maximum Gasteiger partial charge on any atom is 0.410 e. The SMILES string of the molecule is CC[C@H](C)[C@H](NC(=O)[C@@H](NC[C@H](O)[C@H](CC(C)C)NC(=O)[C@H](Cc1cnc[nH]1)N(C)C(=O)[C@H](Cc1ccccc1)NC(=O)[C@@H]1CCCN1C(=O)OC(C)(C)C)C(C)C)C(=O)NCc1ccccn1.O=C(O)CC(O)(CC(=O)O)C(=O)O.O=C(O)CC(O)(CC(=O)O)C(=O)O. The Kier molecular flexibility index (Phi) is 32.8. The van der Waals surface area contributed by atoms with Crippen LogP contribution in [0, 0.1) is 17.8 Å². The number of aliphatic carboxylic acids is 6. The molecule has 522 valence electrons. The molecule has 0 spiro atoms. The monoisotopic (exact) mass is 1330 g/mol. The number of carbonyl (C=O) groups excluding carboxylic acids is 6. The number of carbonyl (C=O) groups is 12. The quantitative estimate of drug-likeness (QED) is 0.0399. The van der Waals surface area contributed by atoms with Gasteiger partial charge < -0.3 is 87.2 Å². The average Bonchev–Trinajstić information content (AvgIpc) is 1.52. The first-order valence-corrected chi connectivity index (χ1v) is 30.3. The van der Waals surface area contributed by atoms with Crippen LogP contribution in [0.4, 0.5) is 4.79 Å². The molecular weight excluding hydrogens is 1240 g/mol. The number of carboxylic acid groups (broad SMARTS) is 6. The number of aromatic nitrogens is 3. The van der Waals surface area contributed by atoms with E-state index in [9.17, 15) is 62.6 Å². The summed E-state index contributed by atoms with van der Waals surface area (Å²) in [6, 6.07) is 9.07. The molecule has 0 unspecified atom stereocenters. The Bertz CT molecular complexity index is 2920. The van der Waals surface area contributed by atoms with Gasteiger partial charge in [0.25, 0.3) is 0 Å². The predicted molar refractivity (Wildman–Crippen MR) is 333 cm³/mol. The summed E-state index contributed by atoms with van der Waals surface area (Å²) in [4.78, 5) is 159. The van der Waals surface area contributed by atoms with E-state index < -0.39 is 150 Å². The number of hydrogen-bond donors (Lipinski definition) is 15. The van der Waals surface area contributed by atoms with Crippen LogP contribution in [0.5, 0.6) is 0 Å². The Balaban J connectivity index is 0.000000959. The van der Waals surface area contributed by atoms with E-state index in [4.69, 9.17) is 45.6 Å². The van der Waals surface area contributed by atoms with E-state index in [1.807, 2.05) is 77.9 Å². The third-order valence-electron chi connectivity index (χ3n) is 14.7. The standard InChI is InChI=1S/C50H76N10O8.2C6H8O7/c1-11-33(6)43(46(64)54-28-35-20-15-16-22-52-35)58-47(65)42(32(4)5)53-29-41(61)37(24-31(2)3)56-45(63)40(26-36-27-51-30-55-36)59(10)48(66)38(25-34-18-13-12-14-19-34)57-44(62)39-21-17-23-60(39)49(67)68-50(7,8)9;2*7-3(8)1-6(13,5(11)12)2-4(9)10/h12-16,18-20,22,27,30-33,37-43,53,61H,11,17,21,23-26,28-29H2,1-10H3,(H,51,55)(H,54,64)(H,56,63)(H,57,62)(H,58,65);2*13H,1-2H2,(H,7,8)(H,9,10)(H,11,12)/t33-,37-,38-,39-,40-,41-,42-,43-;;/m0../s1. The minimum atomic E-state index is -2.74. The van der Waals surface area contributed by atoms with Crippen LogP contribution in [-0.4, -0.2) is 221 Å². The second kappa shape index (κ2) is 38.1. The van der Waals surface area contributed by atoms with Crippen molar-refractivity contribution in [1.29, 1.82) is 0 Å². The van der Waals surface area contributed by atoms with Crippen molar-refractivity contribution in [2.75, 3.05) is 20.1 Å². The zero-order chi connectivity index (χ0) is 71.4. The number of H-pyrrole nitrogens is 1. The number of hydrogen-bond acceptors (Lipinski definition) is 19. The maximum atomic E-state index is 14.7. The highest BCUT2D eigenvalue weighted by molar-refractivity contribution is 5.95. The highest BCUT2D eigenvalue weighted by Gasteiger charge is 2.43. The Labute approximate surface area is 543 Å². The lowest BCUT2D eigenvalue weighted by Crippen LogP contribution is -2.60. The fourth-order valence-corrected chi connectivity index (χ4v) is 9.59. The number of rotatable bonds is 34. The minimum absolute atomic E-state index is 0.0201. The number of aliphatic hydroxyl groups is 3. The van der Waals surface area contributed by atoms with Gasteiger partial charge in [-0.3, -0.25) is 53.0 Å². The third-order valence-corrected chi connectivity index (χ3v) is 14.7. The van der Waals surface area contributed by atoms with E-state index in [0.717, 1.165) is 5.56 Å². The minimum Gasteiger partial charge on any atom is -0.481 e. The van der Waals surface area contributed by atoms with Crippen molar-refractivity contribution in [3.8, 4) is 0 Å². The summed E-state index contributed by atoms with van der Waals surface area (Å²) < 4.78 is 5.59. The average molecular weight is 1330 g/mol. The number of amides is 6. The van der Waals surface area contributed by atoms with Crippen LogP contribution in [0.2, 0.25) is 0 Å². The maximum absolute atomic E-state index is 14.7. The summed E-state index contributed by atoms with van der Waals surface area (Å²) in [6.45, 7) is 17.2.